The van der Waals surface area contributed by atoms with Crippen LogP contribution in [0.25, 0.3) is 11.3 Å². The summed E-state index contributed by atoms with van der Waals surface area (Å²) in [6.45, 7) is 7.28. The number of benzene rings is 2. The molecule has 0 unspecified atom stereocenters. The van der Waals surface area contributed by atoms with Crippen molar-refractivity contribution < 1.29 is 0 Å². The summed E-state index contributed by atoms with van der Waals surface area (Å²) in [6.07, 6.45) is 1.02. The van der Waals surface area contributed by atoms with Crippen LogP contribution in [0, 0.1) is 12.8 Å². The van der Waals surface area contributed by atoms with Crippen molar-refractivity contribution in [3.8, 4) is 11.3 Å². The van der Waals surface area contributed by atoms with E-state index in [1.807, 2.05) is 19.1 Å². The van der Waals surface area contributed by atoms with Gasteiger partial charge in [-0.25, -0.2) is 4.98 Å². The number of nitrogens with zero attached hydrogens (tertiary/aromatic N) is 1. The molecule has 1 N–H and O–H groups in total. The van der Waals surface area contributed by atoms with E-state index in [9.17, 15) is 0 Å². The molecule has 4 heteroatoms. The van der Waals surface area contributed by atoms with Crippen LogP contribution in [-0.2, 0) is 13.0 Å². The maximum atomic E-state index is 6.33. The first-order chi connectivity index (χ1) is 12.0. The number of thiazole rings is 1. The van der Waals surface area contributed by atoms with Crippen LogP contribution in [-0.4, -0.2) is 4.98 Å². The van der Waals surface area contributed by atoms with Gasteiger partial charge >= 0.3 is 0 Å². The van der Waals surface area contributed by atoms with E-state index in [2.05, 4.69) is 55.6 Å². The molecule has 2 aromatic carbocycles. The zero-order valence-electron chi connectivity index (χ0n) is 14.8. The molecule has 1 aromatic heterocycles. The van der Waals surface area contributed by atoms with E-state index >= 15 is 0 Å². The van der Waals surface area contributed by atoms with Crippen molar-refractivity contribution in [1.82, 2.24) is 4.98 Å². The molecule has 0 spiro atoms. The summed E-state index contributed by atoms with van der Waals surface area (Å²) >= 11 is 8.08. The monoisotopic (exact) mass is 370 g/mol. The Labute approximate surface area is 158 Å². The second-order valence-electron chi connectivity index (χ2n) is 6.69. The summed E-state index contributed by atoms with van der Waals surface area (Å²) in [5.74, 6) is 0.585. The summed E-state index contributed by atoms with van der Waals surface area (Å²) in [6, 6.07) is 16.6. The third-order valence-electron chi connectivity index (χ3n) is 4.02. The third kappa shape index (κ3) is 4.62. The summed E-state index contributed by atoms with van der Waals surface area (Å²) in [5, 5.41) is 5.22. The van der Waals surface area contributed by atoms with Crippen LogP contribution in [0.5, 0.6) is 0 Å². The molecular weight excluding hydrogens is 348 g/mol. The molecule has 0 aliphatic rings. The summed E-state index contributed by atoms with van der Waals surface area (Å²) in [4.78, 5) is 6.18. The third-order valence-corrected chi connectivity index (χ3v) is 5.47. The molecule has 0 aliphatic carbocycles. The van der Waals surface area contributed by atoms with Crippen LogP contribution in [0.1, 0.15) is 29.9 Å². The minimum atomic E-state index is 0.585. The molecule has 3 rings (SSSR count). The Bertz CT molecular complexity index is 840. The molecule has 0 amide bonds. The van der Waals surface area contributed by atoms with Gasteiger partial charge in [-0.1, -0.05) is 67.9 Å². The van der Waals surface area contributed by atoms with E-state index in [0.717, 1.165) is 39.9 Å². The number of halogens is 1. The van der Waals surface area contributed by atoms with E-state index in [-0.39, 0.29) is 0 Å². The largest absolute Gasteiger partial charge is 0.357 e. The van der Waals surface area contributed by atoms with E-state index in [4.69, 9.17) is 16.6 Å². The predicted molar refractivity (Wildman–Crippen MR) is 110 cm³/mol. The van der Waals surface area contributed by atoms with Gasteiger partial charge in [0.05, 0.1) is 5.69 Å². The average Bonchev–Trinajstić information content (AvgIpc) is 2.98. The quantitative estimate of drug-likeness (QED) is 0.529. The van der Waals surface area contributed by atoms with Gasteiger partial charge in [-0.05, 0) is 36.5 Å². The first kappa shape index (κ1) is 18.0. The van der Waals surface area contributed by atoms with E-state index in [1.54, 1.807) is 11.3 Å². The van der Waals surface area contributed by atoms with Crippen LogP contribution in [0.4, 0.5) is 5.13 Å². The highest BCUT2D eigenvalue weighted by Crippen LogP contribution is 2.34. The van der Waals surface area contributed by atoms with Gasteiger partial charge in [-0.15, -0.1) is 11.3 Å². The molecule has 1 heterocycles. The average molecular weight is 371 g/mol. The molecule has 3 aromatic rings. The van der Waals surface area contributed by atoms with Crippen molar-refractivity contribution in [3.05, 3.63) is 69.6 Å². The lowest BCUT2D eigenvalue weighted by atomic mass is 10.0. The predicted octanol–water partition coefficient (Wildman–Crippen LogP) is 6.58. The number of hydrogen-bond acceptors (Lipinski definition) is 3. The SMILES string of the molecule is Cc1ccc(-c2nc(NCc3ccccc3)sc2CC(C)C)cc1Cl. The number of aromatic nitrogens is 1. The van der Waals surface area contributed by atoms with Crippen molar-refractivity contribution in [2.24, 2.45) is 5.92 Å². The summed E-state index contributed by atoms with van der Waals surface area (Å²) in [5.41, 5.74) is 4.49. The van der Waals surface area contributed by atoms with Crippen LogP contribution in [0.3, 0.4) is 0 Å². The second-order valence-corrected chi connectivity index (χ2v) is 8.18. The lowest BCUT2D eigenvalue weighted by Gasteiger charge is -2.06. The fraction of sp³-hybridized carbons (Fsp3) is 0.286. The topological polar surface area (TPSA) is 24.9 Å². The molecule has 0 aliphatic heterocycles. The van der Waals surface area contributed by atoms with Crippen molar-refractivity contribution in [2.75, 3.05) is 5.32 Å². The van der Waals surface area contributed by atoms with Crippen molar-refractivity contribution in [3.63, 3.8) is 0 Å². The number of hydrogen-bond donors (Lipinski definition) is 1. The molecule has 0 atom stereocenters. The highest BCUT2D eigenvalue weighted by atomic mass is 35.5. The van der Waals surface area contributed by atoms with Crippen LogP contribution in [0.15, 0.2) is 48.5 Å². The Morgan fingerprint density at radius 1 is 1.12 bits per heavy atom. The highest BCUT2D eigenvalue weighted by molar-refractivity contribution is 7.16. The fourth-order valence-electron chi connectivity index (χ4n) is 2.68. The number of rotatable bonds is 6. The van der Waals surface area contributed by atoms with Crippen molar-refractivity contribution in [1.29, 1.82) is 0 Å². The molecule has 0 saturated carbocycles. The number of aryl methyl sites for hydroxylation is 1. The molecule has 0 bridgehead atoms. The second kappa shape index (κ2) is 8.03. The van der Waals surface area contributed by atoms with Crippen LogP contribution < -0.4 is 5.32 Å². The molecule has 130 valence electrons. The fourth-order valence-corrected chi connectivity index (χ4v) is 4.05. The number of anilines is 1. The van der Waals surface area contributed by atoms with Crippen LogP contribution >= 0.6 is 22.9 Å². The minimum absolute atomic E-state index is 0.585. The van der Waals surface area contributed by atoms with Gasteiger partial charge in [0.1, 0.15) is 0 Å². The Balaban J connectivity index is 1.87. The van der Waals surface area contributed by atoms with E-state index in [0.29, 0.717) is 5.92 Å². The Morgan fingerprint density at radius 2 is 1.88 bits per heavy atom. The molecule has 0 fully saturated rings. The molecule has 2 nitrogen and oxygen atoms in total. The Morgan fingerprint density at radius 3 is 2.56 bits per heavy atom. The molecule has 25 heavy (non-hydrogen) atoms. The van der Waals surface area contributed by atoms with E-state index < -0.39 is 0 Å². The van der Waals surface area contributed by atoms with Crippen LogP contribution in [0.2, 0.25) is 5.02 Å². The zero-order valence-corrected chi connectivity index (χ0v) is 16.4. The summed E-state index contributed by atoms with van der Waals surface area (Å²) < 4.78 is 0. The van der Waals surface area contributed by atoms with Crippen molar-refractivity contribution in [2.45, 2.75) is 33.7 Å². The maximum absolute atomic E-state index is 6.33. The zero-order chi connectivity index (χ0) is 17.8. The first-order valence-corrected chi connectivity index (χ1v) is 9.76. The van der Waals surface area contributed by atoms with Gasteiger partial charge in [0.2, 0.25) is 0 Å². The summed E-state index contributed by atoms with van der Waals surface area (Å²) in [7, 11) is 0. The minimum Gasteiger partial charge on any atom is -0.357 e. The van der Waals surface area contributed by atoms with E-state index in [1.165, 1.54) is 10.4 Å². The lowest BCUT2D eigenvalue weighted by Crippen LogP contribution is -1.98. The molecule has 0 radical (unpaired) electrons. The lowest BCUT2D eigenvalue weighted by molar-refractivity contribution is 0.654. The normalized spacial score (nSPS) is 11.1. The Hall–Kier alpha value is -1.84. The first-order valence-electron chi connectivity index (χ1n) is 8.57. The van der Waals surface area contributed by atoms with Gasteiger partial charge in [-0.2, -0.15) is 0 Å². The van der Waals surface area contributed by atoms with Gasteiger partial charge in [0.25, 0.3) is 0 Å². The number of nitrogens with one attached hydrogen (secondary N) is 1. The molecular formula is C21H23ClN2S. The maximum Gasteiger partial charge on any atom is 0.183 e. The van der Waals surface area contributed by atoms with Gasteiger partial charge in [-0.3, -0.25) is 0 Å². The smallest absolute Gasteiger partial charge is 0.183 e. The van der Waals surface area contributed by atoms with Gasteiger partial charge in [0.15, 0.2) is 5.13 Å². The Kier molecular flexibility index (Phi) is 5.77. The van der Waals surface area contributed by atoms with Crippen molar-refractivity contribution >= 4 is 28.1 Å². The van der Waals surface area contributed by atoms with Gasteiger partial charge in [0, 0.05) is 22.0 Å². The molecule has 0 saturated heterocycles. The standard InChI is InChI=1S/C21H23ClN2S/c1-14(2)11-19-20(17-10-9-15(3)18(22)12-17)24-21(25-19)23-13-16-7-5-4-6-8-16/h4-10,12,14H,11,13H2,1-3H3,(H,23,24). The highest BCUT2D eigenvalue weighted by Gasteiger charge is 2.15. The van der Waals surface area contributed by atoms with Gasteiger partial charge < -0.3 is 5.32 Å².